The molecule has 4 N–H and O–H groups in total. The summed E-state index contributed by atoms with van der Waals surface area (Å²) in [4.78, 5) is 24.3. The van der Waals surface area contributed by atoms with Crippen molar-refractivity contribution in [3.63, 3.8) is 0 Å². The second-order valence-electron chi connectivity index (χ2n) is 8.20. The minimum atomic E-state index is -1.84. The summed E-state index contributed by atoms with van der Waals surface area (Å²) in [5, 5.41) is 19.4. The van der Waals surface area contributed by atoms with Crippen molar-refractivity contribution in [1.29, 1.82) is 0 Å². The number of carboxylic acids is 2. The van der Waals surface area contributed by atoms with Gasteiger partial charge in [0.25, 0.3) is 0 Å². The molecule has 0 aliphatic rings. The molecule has 0 spiro atoms. The molecule has 39 heavy (non-hydrogen) atoms. The van der Waals surface area contributed by atoms with Gasteiger partial charge < -0.3 is 19.7 Å². The van der Waals surface area contributed by atoms with E-state index in [9.17, 15) is 37.0 Å². The van der Waals surface area contributed by atoms with Crippen LogP contribution < -0.4 is 9.44 Å². The van der Waals surface area contributed by atoms with E-state index >= 15 is 0 Å². The van der Waals surface area contributed by atoms with Crippen molar-refractivity contribution in [2.24, 2.45) is 0 Å². The Hall–Kier alpha value is -4.42. The fraction of sp³-hybridized carbons (Fsp3) is 0.0370. The molecule has 0 saturated heterocycles. The highest BCUT2D eigenvalue weighted by Crippen LogP contribution is 2.25. The van der Waals surface area contributed by atoms with Crippen molar-refractivity contribution in [3.8, 4) is 0 Å². The Bertz CT molecular complexity index is 1480. The van der Waals surface area contributed by atoms with Crippen LogP contribution in [0.15, 0.2) is 94.7 Å². The van der Waals surface area contributed by atoms with Crippen LogP contribution in [0.25, 0.3) is 0 Å². The van der Waals surface area contributed by atoms with E-state index in [2.05, 4.69) is 9.44 Å². The van der Waals surface area contributed by atoms with Crippen LogP contribution in [0.3, 0.4) is 0 Å². The normalized spacial score (nSPS) is 12.4. The van der Waals surface area contributed by atoms with Gasteiger partial charge in [-0.3, -0.25) is 0 Å². The van der Waals surface area contributed by atoms with E-state index in [1.54, 1.807) is 12.1 Å². The minimum Gasteiger partial charge on any atom is -0.478 e. The zero-order valence-corrected chi connectivity index (χ0v) is 21.5. The molecule has 4 rings (SSSR count). The third-order valence-electron chi connectivity index (χ3n) is 5.50. The monoisotopic (exact) mass is 570 g/mol. The van der Waals surface area contributed by atoms with Gasteiger partial charge in [-0.25, -0.2) is 26.8 Å². The average Bonchev–Trinajstić information content (AvgIpc) is 2.90. The summed E-state index contributed by atoms with van der Waals surface area (Å²) in [7, 11) is -3.68. The molecule has 0 aliphatic heterocycles. The molecule has 12 heteroatoms. The van der Waals surface area contributed by atoms with E-state index in [-0.39, 0.29) is 38.7 Å². The van der Waals surface area contributed by atoms with E-state index in [4.69, 9.17) is 0 Å². The van der Waals surface area contributed by atoms with Crippen LogP contribution in [-0.2, 0) is 28.4 Å². The molecule has 0 amide bonds. The number of carboxylic acid groups (broad SMARTS) is 2. The highest BCUT2D eigenvalue weighted by Gasteiger charge is 2.17. The molecule has 0 fully saturated rings. The average molecular weight is 571 g/mol. The number of benzene rings is 4. The number of anilines is 2. The van der Waals surface area contributed by atoms with Crippen LogP contribution in [0.2, 0.25) is 0 Å². The second kappa shape index (κ2) is 12.0. The first kappa shape index (κ1) is 27.6. The van der Waals surface area contributed by atoms with Gasteiger partial charge in [0.15, 0.2) is 0 Å². The van der Waals surface area contributed by atoms with Gasteiger partial charge in [-0.1, -0.05) is 12.1 Å². The van der Waals surface area contributed by atoms with E-state index in [0.717, 1.165) is 24.3 Å². The lowest BCUT2D eigenvalue weighted by Gasteiger charge is -2.13. The van der Waals surface area contributed by atoms with Crippen molar-refractivity contribution in [2.75, 3.05) is 9.44 Å². The van der Waals surface area contributed by atoms with Crippen LogP contribution in [0.5, 0.6) is 0 Å². The third kappa shape index (κ3) is 6.92. The molecule has 2 unspecified atom stereocenters. The van der Waals surface area contributed by atoms with Gasteiger partial charge in [0.05, 0.1) is 32.3 Å². The van der Waals surface area contributed by atoms with Gasteiger partial charge in [-0.05, 0) is 90.3 Å². The lowest BCUT2D eigenvalue weighted by molar-refractivity contribution is 0.0687. The van der Waals surface area contributed by atoms with E-state index < -0.39 is 45.5 Å². The molecule has 8 nitrogen and oxygen atoms in total. The maximum absolute atomic E-state index is 13.1. The maximum atomic E-state index is 13.1. The summed E-state index contributed by atoms with van der Waals surface area (Å²) in [5.74, 6) is -3.54. The smallest absolute Gasteiger partial charge is 0.337 e. The Labute approximate surface area is 226 Å². The lowest BCUT2D eigenvalue weighted by atomic mass is 9.99. The molecule has 200 valence electrons. The summed E-state index contributed by atoms with van der Waals surface area (Å²) in [5.41, 5.74) is 0.935. The second-order valence-corrected chi connectivity index (χ2v) is 10.6. The molecule has 0 aliphatic carbocycles. The number of aromatic carboxylic acids is 2. The van der Waals surface area contributed by atoms with Crippen LogP contribution in [-0.4, -0.2) is 30.6 Å². The molecule has 0 radical (unpaired) electrons. The molecule has 0 saturated carbocycles. The van der Waals surface area contributed by atoms with Crippen molar-refractivity contribution < 1.29 is 37.0 Å². The van der Waals surface area contributed by atoms with E-state index in [1.807, 2.05) is 0 Å². The summed E-state index contributed by atoms with van der Waals surface area (Å²) in [6.07, 6.45) is 0.170. The van der Waals surface area contributed by atoms with Gasteiger partial charge in [-0.15, -0.1) is 0 Å². The van der Waals surface area contributed by atoms with E-state index in [0.29, 0.717) is 11.1 Å². The standard InChI is InChI=1S/C27H20F2N2O6S2/c28-18-3-7-20(8-4-18)38(36)30-24-11-1-16(14-22(24)26(32)33)13-17-2-12-25(23(15-17)27(34)35)31-39(37)21-9-5-19(29)6-10-21/h1-12,14-15,30-31H,13H2,(H,32,33)(H,34,35). The van der Waals surface area contributed by atoms with Gasteiger partial charge in [0, 0.05) is 0 Å². The quantitative estimate of drug-likeness (QED) is 0.207. The summed E-state index contributed by atoms with van der Waals surface area (Å²) >= 11 is 0. The predicted molar refractivity (Wildman–Crippen MR) is 142 cm³/mol. The Balaban J connectivity index is 1.54. The van der Waals surface area contributed by atoms with E-state index in [1.165, 1.54) is 48.5 Å². The predicted octanol–water partition coefficient (Wildman–Crippen LogP) is 5.22. The summed E-state index contributed by atoms with van der Waals surface area (Å²) in [6, 6.07) is 18.7. The molecule has 0 bridgehead atoms. The topological polar surface area (TPSA) is 133 Å². The number of hydrogen-bond acceptors (Lipinski definition) is 4. The van der Waals surface area contributed by atoms with Gasteiger partial charge in [-0.2, -0.15) is 0 Å². The zero-order valence-electron chi connectivity index (χ0n) is 19.9. The number of nitrogens with one attached hydrogen (secondary N) is 2. The largest absolute Gasteiger partial charge is 0.478 e. The number of carbonyl (C=O) groups is 2. The molecule has 4 aromatic rings. The zero-order chi connectivity index (χ0) is 28.1. The molecular formula is C27H20F2N2O6S2. The summed E-state index contributed by atoms with van der Waals surface area (Å²) in [6.45, 7) is 0. The summed E-state index contributed by atoms with van der Waals surface area (Å²) < 4.78 is 56.7. The molecule has 0 aromatic heterocycles. The number of halogens is 2. The Morgan fingerprint density at radius 2 is 0.974 bits per heavy atom. The first-order chi connectivity index (χ1) is 18.6. The Morgan fingerprint density at radius 1 is 0.615 bits per heavy atom. The van der Waals surface area contributed by atoms with Crippen molar-refractivity contribution in [2.45, 2.75) is 16.2 Å². The first-order valence-electron chi connectivity index (χ1n) is 11.2. The van der Waals surface area contributed by atoms with Gasteiger partial charge in [0.1, 0.15) is 33.6 Å². The molecular weight excluding hydrogens is 550 g/mol. The lowest BCUT2D eigenvalue weighted by Crippen LogP contribution is -2.11. The molecule has 2 atom stereocenters. The number of hydrogen-bond donors (Lipinski definition) is 4. The van der Waals surface area contributed by atoms with Crippen molar-refractivity contribution in [3.05, 3.63) is 119 Å². The van der Waals surface area contributed by atoms with Crippen LogP contribution >= 0.6 is 0 Å². The molecule has 0 heterocycles. The first-order valence-corrected chi connectivity index (χ1v) is 13.5. The van der Waals surface area contributed by atoms with Gasteiger partial charge >= 0.3 is 11.9 Å². The minimum absolute atomic E-state index is 0.0861. The fourth-order valence-corrected chi connectivity index (χ4v) is 5.36. The molecule has 4 aromatic carbocycles. The van der Waals surface area contributed by atoms with Crippen molar-refractivity contribution in [1.82, 2.24) is 0 Å². The maximum Gasteiger partial charge on any atom is 0.337 e. The number of rotatable bonds is 10. The van der Waals surface area contributed by atoms with Crippen LogP contribution in [0.4, 0.5) is 20.2 Å². The van der Waals surface area contributed by atoms with Crippen LogP contribution in [0.1, 0.15) is 31.8 Å². The SMILES string of the molecule is O=C(O)c1cc(Cc2ccc(NS(=O)c3ccc(F)cc3)c(C(=O)O)c2)ccc1NS(=O)c1ccc(F)cc1. The van der Waals surface area contributed by atoms with Gasteiger partial charge in [0.2, 0.25) is 0 Å². The third-order valence-corrected chi connectivity index (χ3v) is 7.71. The Kier molecular flexibility index (Phi) is 8.47. The van der Waals surface area contributed by atoms with Crippen LogP contribution in [0, 0.1) is 11.6 Å². The highest BCUT2D eigenvalue weighted by molar-refractivity contribution is 7.86. The highest BCUT2D eigenvalue weighted by atomic mass is 32.2. The Morgan fingerprint density at radius 3 is 1.31 bits per heavy atom. The fourth-order valence-electron chi connectivity index (χ4n) is 3.60. The van der Waals surface area contributed by atoms with Crippen molar-refractivity contribution >= 4 is 45.3 Å².